The molecule has 3 N–H and O–H groups in total. The Balaban J connectivity index is 1.66. The van der Waals surface area contributed by atoms with Crippen LogP contribution < -0.4 is 20.8 Å². The summed E-state index contributed by atoms with van der Waals surface area (Å²) in [5.41, 5.74) is 4.17. The Kier molecular flexibility index (Phi) is 9.05. The molecule has 0 spiro atoms. The van der Waals surface area contributed by atoms with Gasteiger partial charge >= 0.3 is 0 Å². The Hall–Kier alpha value is -4.27. The zero-order chi connectivity index (χ0) is 29.7. The highest BCUT2D eigenvalue weighted by molar-refractivity contribution is 7.89. The number of benzene rings is 1. The molecule has 1 aliphatic carbocycles. The predicted molar refractivity (Wildman–Crippen MR) is 162 cm³/mol. The molecule has 2 heterocycles. The van der Waals surface area contributed by atoms with Gasteiger partial charge in [0.15, 0.2) is 5.65 Å². The SMILES string of the molecule is C#CC1=C(/C=C(\C)n2cc(C(=O)NC)c(=O)c3cnc(Nc4ccc(CCS(=O)(=O)NC(C)C)cc4)nc32)CCC1. The number of fused-ring (bicyclic) bond motifs is 1. The second-order valence-electron chi connectivity index (χ2n) is 10.2. The summed E-state index contributed by atoms with van der Waals surface area (Å²) in [6.07, 6.45) is 13.6. The third-order valence-corrected chi connectivity index (χ3v) is 8.27. The lowest BCUT2D eigenvalue weighted by molar-refractivity contribution is 0.0961. The van der Waals surface area contributed by atoms with Crippen LogP contribution in [0.2, 0.25) is 0 Å². The number of aromatic nitrogens is 3. The highest BCUT2D eigenvalue weighted by Gasteiger charge is 2.19. The first-order valence-corrected chi connectivity index (χ1v) is 15.0. The van der Waals surface area contributed by atoms with Crippen LogP contribution in [0, 0.1) is 12.3 Å². The summed E-state index contributed by atoms with van der Waals surface area (Å²) in [7, 11) is -1.88. The number of anilines is 2. The van der Waals surface area contributed by atoms with E-state index in [1.807, 2.05) is 37.3 Å². The van der Waals surface area contributed by atoms with Crippen molar-refractivity contribution < 1.29 is 13.2 Å². The van der Waals surface area contributed by atoms with Crippen LogP contribution in [0.1, 0.15) is 56.0 Å². The fourth-order valence-corrected chi connectivity index (χ4v) is 6.04. The number of carbonyl (C=O) groups is 1. The molecule has 0 aliphatic heterocycles. The number of nitrogens with zero attached hydrogens (tertiary/aromatic N) is 3. The smallest absolute Gasteiger partial charge is 0.256 e. The van der Waals surface area contributed by atoms with E-state index >= 15 is 0 Å². The maximum Gasteiger partial charge on any atom is 0.256 e. The topological polar surface area (TPSA) is 135 Å². The summed E-state index contributed by atoms with van der Waals surface area (Å²) < 4.78 is 28.6. The molecule has 4 rings (SSSR count). The van der Waals surface area contributed by atoms with Crippen molar-refractivity contribution in [2.75, 3.05) is 18.1 Å². The minimum Gasteiger partial charge on any atom is -0.355 e. The molecule has 11 heteroatoms. The lowest BCUT2D eigenvalue weighted by Crippen LogP contribution is -2.32. The van der Waals surface area contributed by atoms with Gasteiger partial charge in [-0.3, -0.25) is 9.59 Å². The van der Waals surface area contributed by atoms with E-state index in [0.29, 0.717) is 17.8 Å². The molecule has 41 heavy (non-hydrogen) atoms. The summed E-state index contributed by atoms with van der Waals surface area (Å²) >= 11 is 0. The fraction of sp³-hybridized carbons (Fsp3) is 0.333. The summed E-state index contributed by atoms with van der Waals surface area (Å²) in [5, 5.41) is 5.86. The first kappa shape index (κ1) is 29.7. The number of terminal acetylenes is 1. The molecule has 1 amide bonds. The van der Waals surface area contributed by atoms with Crippen LogP contribution >= 0.6 is 0 Å². The van der Waals surface area contributed by atoms with E-state index in [-0.39, 0.29) is 28.7 Å². The Labute approximate surface area is 240 Å². The van der Waals surface area contributed by atoms with Crippen LogP contribution in [0.15, 0.2) is 58.7 Å². The van der Waals surface area contributed by atoms with Crippen molar-refractivity contribution in [3.63, 3.8) is 0 Å². The number of rotatable bonds is 10. The van der Waals surface area contributed by atoms with Crippen molar-refractivity contribution in [2.24, 2.45) is 0 Å². The molecule has 0 unspecified atom stereocenters. The predicted octanol–water partition coefficient (Wildman–Crippen LogP) is 3.74. The van der Waals surface area contributed by atoms with Crippen LogP contribution in [0.25, 0.3) is 16.7 Å². The largest absolute Gasteiger partial charge is 0.355 e. The molecule has 0 saturated carbocycles. The van der Waals surface area contributed by atoms with Crippen LogP contribution in [0.4, 0.5) is 11.6 Å². The molecule has 0 atom stereocenters. The average Bonchev–Trinajstić information content (AvgIpc) is 3.38. The zero-order valence-electron chi connectivity index (χ0n) is 23.6. The Morgan fingerprint density at radius 1 is 1.22 bits per heavy atom. The van der Waals surface area contributed by atoms with Gasteiger partial charge in [0.25, 0.3) is 5.91 Å². The van der Waals surface area contributed by atoms with Gasteiger partial charge in [0, 0.05) is 42.4 Å². The summed E-state index contributed by atoms with van der Waals surface area (Å²) in [6, 6.07) is 7.15. The molecular weight excluding hydrogens is 540 g/mol. The molecule has 2 aromatic heterocycles. The standard InChI is InChI=1S/C30H34N6O4S/c1-6-22-8-7-9-23(22)16-20(4)36-18-26(29(38)31-5)27(37)25-17-32-30(34-28(25)36)33-24-12-10-21(11-13-24)14-15-41(39,40)35-19(2)3/h1,10-13,16-19,35H,7-9,14-15H2,2-5H3,(H,31,38)(H,32,33,34)/b20-16+. The molecule has 10 nitrogen and oxygen atoms in total. The fourth-order valence-electron chi connectivity index (χ4n) is 4.70. The first-order chi connectivity index (χ1) is 19.5. The lowest BCUT2D eigenvalue weighted by atomic mass is 10.1. The second-order valence-corrected chi connectivity index (χ2v) is 12.1. The highest BCUT2D eigenvalue weighted by atomic mass is 32.2. The number of allylic oxidation sites excluding steroid dienone is 4. The van der Waals surface area contributed by atoms with Gasteiger partial charge in [-0.05, 0) is 75.8 Å². The lowest BCUT2D eigenvalue weighted by Gasteiger charge is -2.14. The van der Waals surface area contributed by atoms with Crippen molar-refractivity contribution in [3.8, 4) is 12.3 Å². The maximum absolute atomic E-state index is 13.2. The molecule has 0 saturated heterocycles. The van der Waals surface area contributed by atoms with Gasteiger partial charge in [-0.2, -0.15) is 4.98 Å². The van der Waals surface area contributed by atoms with Crippen LogP contribution in [-0.4, -0.2) is 47.7 Å². The van der Waals surface area contributed by atoms with Gasteiger partial charge < -0.3 is 15.2 Å². The zero-order valence-corrected chi connectivity index (χ0v) is 24.4. The third-order valence-electron chi connectivity index (χ3n) is 6.70. The molecule has 1 aliphatic rings. The average molecular weight is 575 g/mol. The van der Waals surface area contributed by atoms with Crippen LogP contribution in [0.3, 0.4) is 0 Å². The van der Waals surface area contributed by atoms with Gasteiger partial charge in [-0.15, -0.1) is 6.42 Å². The maximum atomic E-state index is 13.2. The highest BCUT2D eigenvalue weighted by Crippen LogP contribution is 2.28. The number of amides is 1. The van der Waals surface area contributed by atoms with Gasteiger partial charge in [0.1, 0.15) is 5.56 Å². The van der Waals surface area contributed by atoms with E-state index in [0.717, 1.165) is 41.7 Å². The minimum absolute atomic E-state index is 0.00603. The van der Waals surface area contributed by atoms with Crippen molar-refractivity contribution >= 4 is 44.3 Å². The van der Waals surface area contributed by atoms with Crippen LogP contribution in [-0.2, 0) is 16.4 Å². The number of aryl methyl sites for hydroxylation is 1. The number of nitrogens with one attached hydrogen (secondary N) is 3. The Morgan fingerprint density at radius 2 is 1.95 bits per heavy atom. The molecule has 1 aromatic carbocycles. The quantitative estimate of drug-likeness (QED) is 0.314. The summed E-state index contributed by atoms with van der Waals surface area (Å²) in [4.78, 5) is 34.6. The number of carbonyl (C=O) groups excluding carboxylic acids is 1. The van der Waals surface area contributed by atoms with E-state index in [1.54, 1.807) is 18.4 Å². The molecule has 0 fully saturated rings. The number of sulfonamides is 1. The number of pyridine rings is 1. The van der Waals surface area contributed by atoms with Crippen molar-refractivity contribution in [3.05, 3.63) is 75.2 Å². The van der Waals surface area contributed by atoms with E-state index in [2.05, 4.69) is 31.2 Å². The van der Waals surface area contributed by atoms with E-state index in [4.69, 9.17) is 6.42 Å². The van der Waals surface area contributed by atoms with Gasteiger partial charge in [0.2, 0.25) is 21.4 Å². The van der Waals surface area contributed by atoms with Gasteiger partial charge in [-0.1, -0.05) is 18.1 Å². The van der Waals surface area contributed by atoms with E-state index in [9.17, 15) is 18.0 Å². The van der Waals surface area contributed by atoms with Crippen molar-refractivity contribution in [2.45, 2.75) is 52.5 Å². The number of hydrogen-bond donors (Lipinski definition) is 3. The molecule has 0 bridgehead atoms. The van der Waals surface area contributed by atoms with Crippen LogP contribution in [0.5, 0.6) is 0 Å². The summed E-state index contributed by atoms with van der Waals surface area (Å²) in [5.74, 6) is 2.51. The third kappa shape index (κ3) is 7.09. The van der Waals surface area contributed by atoms with Gasteiger partial charge in [-0.25, -0.2) is 18.1 Å². The molecule has 0 radical (unpaired) electrons. The molecule has 3 aromatic rings. The second kappa shape index (κ2) is 12.5. The van der Waals surface area contributed by atoms with E-state index < -0.39 is 21.4 Å². The van der Waals surface area contributed by atoms with Gasteiger partial charge in [0.05, 0.1) is 11.1 Å². The minimum atomic E-state index is -3.35. The molecule has 214 valence electrons. The summed E-state index contributed by atoms with van der Waals surface area (Å²) in [6.45, 7) is 5.45. The first-order valence-electron chi connectivity index (χ1n) is 13.4. The van der Waals surface area contributed by atoms with Crippen molar-refractivity contribution in [1.82, 2.24) is 24.6 Å². The number of hydrogen-bond acceptors (Lipinski definition) is 7. The Morgan fingerprint density at radius 3 is 2.61 bits per heavy atom. The van der Waals surface area contributed by atoms with Crippen molar-refractivity contribution in [1.29, 1.82) is 0 Å². The van der Waals surface area contributed by atoms with E-state index in [1.165, 1.54) is 19.4 Å². The normalized spacial score (nSPS) is 14.0. The molecular formula is C30H34N6O4S. The Bertz CT molecular complexity index is 1750. The monoisotopic (exact) mass is 574 g/mol.